The molecule has 0 radical (unpaired) electrons. The minimum Gasteiger partial charge on any atom is -0.271 e. The number of aromatic nitrogens is 2. The van der Waals surface area contributed by atoms with E-state index < -0.39 is 11.9 Å². The first-order valence-electron chi connectivity index (χ1n) is 4.25. The minimum atomic E-state index is -4.38. The monoisotopic (exact) mass is 270 g/mol. The Kier molecular flexibility index (Phi) is 3.58. The first kappa shape index (κ1) is 11.6. The zero-order valence-corrected chi connectivity index (χ0v) is 9.19. The number of aryl methyl sites for hydroxylation is 1. The molecule has 0 atom stereocenters. The fourth-order valence-corrected chi connectivity index (χ4v) is 1.56. The van der Waals surface area contributed by atoms with E-state index in [0.717, 1.165) is 12.8 Å². The first-order valence-corrected chi connectivity index (χ1v) is 5.04. The van der Waals surface area contributed by atoms with Crippen LogP contribution >= 0.6 is 15.9 Å². The SMILES string of the molecule is CCCCn1cc(Br)c(C(F)(F)F)n1. The lowest BCUT2D eigenvalue weighted by molar-refractivity contribution is -0.142. The van der Waals surface area contributed by atoms with Gasteiger partial charge in [0.2, 0.25) is 0 Å². The minimum absolute atomic E-state index is 0.00102. The maximum atomic E-state index is 12.3. The van der Waals surface area contributed by atoms with Crippen LogP contribution in [0.15, 0.2) is 10.7 Å². The third-order valence-corrected chi connectivity index (χ3v) is 2.31. The van der Waals surface area contributed by atoms with Crippen LogP contribution in [0.5, 0.6) is 0 Å². The molecule has 0 amide bonds. The van der Waals surface area contributed by atoms with Crippen molar-refractivity contribution in [1.82, 2.24) is 9.78 Å². The lowest BCUT2D eigenvalue weighted by Gasteiger charge is -2.02. The van der Waals surface area contributed by atoms with Gasteiger partial charge in [-0.25, -0.2) is 0 Å². The molecule has 1 aromatic rings. The molecule has 0 aromatic carbocycles. The zero-order valence-electron chi connectivity index (χ0n) is 7.60. The molecule has 1 rings (SSSR count). The van der Waals surface area contributed by atoms with Gasteiger partial charge in [-0.15, -0.1) is 0 Å². The van der Waals surface area contributed by atoms with Gasteiger partial charge in [-0.1, -0.05) is 13.3 Å². The van der Waals surface area contributed by atoms with E-state index in [9.17, 15) is 13.2 Å². The standard InChI is InChI=1S/C8H10BrF3N2/c1-2-3-4-14-5-6(9)7(13-14)8(10,11)12/h5H,2-4H2,1H3. The Morgan fingerprint density at radius 1 is 1.50 bits per heavy atom. The Morgan fingerprint density at radius 3 is 2.57 bits per heavy atom. The van der Waals surface area contributed by atoms with Gasteiger partial charge >= 0.3 is 6.18 Å². The van der Waals surface area contributed by atoms with Gasteiger partial charge in [-0.3, -0.25) is 4.68 Å². The summed E-state index contributed by atoms with van der Waals surface area (Å²) in [6, 6.07) is 0. The largest absolute Gasteiger partial charge is 0.436 e. The van der Waals surface area contributed by atoms with E-state index in [-0.39, 0.29) is 4.47 Å². The van der Waals surface area contributed by atoms with Crippen LogP contribution in [0.1, 0.15) is 25.5 Å². The van der Waals surface area contributed by atoms with Crippen LogP contribution in [-0.4, -0.2) is 9.78 Å². The Balaban J connectivity index is 2.83. The second-order valence-electron chi connectivity index (χ2n) is 2.94. The molecule has 0 aliphatic rings. The van der Waals surface area contributed by atoms with Crippen LogP contribution in [0.2, 0.25) is 0 Å². The van der Waals surface area contributed by atoms with Crippen molar-refractivity contribution in [3.05, 3.63) is 16.4 Å². The second-order valence-corrected chi connectivity index (χ2v) is 3.79. The third-order valence-electron chi connectivity index (χ3n) is 1.73. The molecule has 0 fully saturated rings. The number of unbranched alkanes of at least 4 members (excludes halogenated alkanes) is 1. The summed E-state index contributed by atoms with van der Waals surface area (Å²) in [5.74, 6) is 0. The molecule has 0 unspecified atom stereocenters. The molecule has 14 heavy (non-hydrogen) atoms. The van der Waals surface area contributed by atoms with Gasteiger partial charge in [0.15, 0.2) is 5.69 Å². The summed E-state index contributed by atoms with van der Waals surface area (Å²) in [5.41, 5.74) is -0.853. The summed E-state index contributed by atoms with van der Waals surface area (Å²) in [4.78, 5) is 0. The van der Waals surface area contributed by atoms with Crippen LogP contribution in [0.3, 0.4) is 0 Å². The molecule has 2 nitrogen and oxygen atoms in total. The van der Waals surface area contributed by atoms with Gasteiger partial charge in [-0.2, -0.15) is 18.3 Å². The molecule has 80 valence electrons. The fraction of sp³-hybridized carbons (Fsp3) is 0.625. The Morgan fingerprint density at radius 2 is 2.14 bits per heavy atom. The van der Waals surface area contributed by atoms with Crippen molar-refractivity contribution in [3.63, 3.8) is 0 Å². The molecule has 0 N–H and O–H groups in total. The summed E-state index contributed by atoms with van der Waals surface area (Å²) >= 11 is 2.84. The quantitative estimate of drug-likeness (QED) is 0.823. The molecule has 0 aliphatic heterocycles. The normalized spacial score (nSPS) is 12.1. The van der Waals surface area contributed by atoms with Gasteiger partial charge in [0.1, 0.15) is 0 Å². The Labute approximate surface area is 88.2 Å². The van der Waals surface area contributed by atoms with Gasteiger partial charge < -0.3 is 0 Å². The smallest absolute Gasteiger partial charge is 0.271 e. The third kappa shape index (κ3) is 2.73. The van der Waals surface area contributed by atoms with Crippen molar-refractivity contribution in [2.24, 2.45) is 0 Å². The second kappa shape index (κ2) is 4.33. The van der Waals surface area contributed by atoms with E-state index in [1.807, 2.05) is 6.92 Å². The van der Waals surface area contributed by atoms with Crippen LogP contribution in [-0.2, 0) is 12.7 Å². The molecule has 0 spiro atoms. The van der Waals surface area contributed by atoms with Crippen molar-refractivity contribution in [2.75, 3.05) is 0 Å². The van der Waals surface area contributed by atoms with E-state index in [1.165, 1.54) is 10.9 Å². The number of halogens is 4. The Bertz CT molecular complexity index is 306. The summed E-state index contributed by atoms with van der Waals surface area (Å²) in [7, 11) is 0. The van der Waals surface area contributed by atoms with Gasteiger partial charge in [0.05, 0.1) is 4.47 Å². The molecule has 0 bridgehead atoms. The predicted molar refractivity (Wildman–Crippen MR) is 49.8 cm³/mol. The van der Waals surface area contributed by atoms with Crippen LogP contribution in [0.25, 0.3) is 0 Å². The maximum Gasteiger partial charge on any atom is 0.436 e. The number of rotatable bonds is 3. The topological polar surface area (TPSA) is 17.8 Å². The van der Waals surface area contributed by atoms with Crippen LogP contribution < -0.4 is 0 Å². The highest BCUT2D eigenvalue weighted by Crippen LogP contribution is 2.33. The number of nitrogens with zero attached hydrogens (tertiary/aromatic N) is 2. The molecule has 0 saturated heterocycles. The van der Waals surface area contributed by atoms with Gasteiger partial charge in [0, 0.05) is 12.7 Å². The summed E-state index contributed by atoms with van der Waals surface area (Å²) < 4.78 is 38.2. The van der Waals surface area contributed by atoms with Gasteiger partial charge in [0.25, 0.3) is 0 Å². The van der Waals surface area contributed by atoms with Gasteiger partial charge in [-0.05, 0) is 22.4 Å². The van der Waals surface area contributed by atoms with E-state index in [1.54, 1.807) is 0 Å². The number of alkyl halides is 3. The zero-order chi connectivity index (χ0) is 10.8. The lowest BCUT2D eigenvalue weighted by atomic mass is 10.3. The molecule has 1 heterocycles. The van der Waals surface area contributed by atoms with Crippen LogP contribution in [0.4, 0.5) is 13.2 Å². The van der Waals surface area contributed by atoms with Crippen molar-refractivity contribution in [1.29, 1.82) is 0 Å². The molecule has 0 saturated carbocycles. The average molecular weight is 271 g/mol. The van der Waals surface area contributed by atoms with E-state index in [2.05, 4.69) is 21.0 Å². The number of hydrogen-bond acceptors (Lipinski definition) is 1. The van der Waals surface area contributed by atoms with Crippen LogP contribution in [0, 0.1) is 0 Å². The highest BCUT2D eigenvalue weighted by molar-refractivity contribution is 9.10. The molecular weight excluding hydrogens is 261 g/mol. The van der Waals surface area contributed by atoms with E-state index in [4.69, 9.17) is 0 Å². The summed E-state index contributed by atoms with van der Waals surface area (Å²) in [6.07, 6.45) is -1.26. The molecule has 6 heteroatoms. The predicted octanol–water partition coefficient (Wildman–Crippen LogP) is 3.46. The van der Waals surface area contributed by atoms with Crippen molar-refractivity contribution in [2.45, 2.75) is 32.5 Å². The first-order chi connectivity index (χ1) is 6.45. The van der Waals surface area contributed by atoms with Crippen molar-refractivity contribution < 1.29 is 13.2 Å². The summed E-state index contributed by atoms with van der Waals surface area (Å²) in [6.45, 7) is 2.49. The number of hydrogen-bond donors (Lipinski definition) is 0. The lowest BCUT2D eigenvalue weighted by Crippen LogP contribution is -2.08. The highest BCUT2D eigenvalue weighted by atomic mass is 79.9. The fourth-order valence-electron chi connectivity index (χ4n) is 1.02. The summed E-state index contributed by atoms with van der Waals surface area (Å²) in [5, 5.41) is 3.46. The van der Waals surface area contributed by atoms with Crippen molar-refractivity contribution in [3.8, 4) is 0 Å². The average Bonchev–Trinajstić information content (AvgIpc) is 2.42. The van der Waals surface area contributed by atoms with E-state index in [0.29, 0.717) is 6.54 Å². The van der Waals surface area contributed by atoms with E-state index >= 15 is 0 Å². The Hall–Kier alpha value is -0.520. The molecule has 0 aliphatic carbocycles. The molecule has 1 aromatic heterocycles. The van der Waals surface area contributed by atoms with Crippen molar-refractivity contribution >= 4 is 15.9 Å². The maximum absolute atomic E-state index is 12.3. The molecular formula is C8H10BrF3N2. The highest BCUT2D eigenvalue weighted by Gasteiger charge is 2.36.